The van der Waals surface area contributed by atoms with E-state index in [1.807, 2.05) is 0 Å². The van der Waals surface area contributed by atoms with E-state index in [2.05, 4.69) is 0 Å². The molecule has 1 aliphatic heterocycles. The molecule has 8 nitrogen and oxygen atoms in total. The lowest BCUT2D eigenvalue weighted by molar-refractivity contribution is -0.497. The predicted octanol–water partition coefficient (Wildman–Crippen LogP) is 1.49. The Labute approximate surface area is 154 Å². The maximum absolute atomic E-state index is 12.7. The van der Waals surface area contributed by atoms with Gasteiger partial charge in [-0.25, -0.2) is 8.42 Å². The quantitative estimate of drug-likeness (QED) is 0.555. The summed E-state index contributed by atoms with van der Waals surface area (Å²) in [6, 6.07) is 3.58. The van der Waals surface area contributed by atoms with E-state index in [1.165, 1.54) is 27.4 Å². The number of carbonyl (C=O) groups excluding carboxylic acids is 1. The van der Waals surface area contributed by atoms with Crippen LogP contribution >= 0.6 is 23.2 Å². The van der Waals surface area contributed by atoms with Crippen LogP contribution in [0.5, 0.6) is 0 Å². The molecule has 0 spiro atoms. The van der Waals surface area contributed by atoms with Crippen LogP contribution in [0.2, 0.25) is 10.0 Å². The highest BCUT2D eigenvalue weighted by Gasteiger charge is 2.54. The molecule has 0 N–H and O–H groups in total. The Morgan fingerprint density at radius 3 is 2.40 bits per heavy atom. The van der Waals surface area contributed by atoms with E-state index >= 15 is 0 Å². The number of nitro groups is 1. The van der Waals surface area contributed by atoms with Gasteiger partial charge in [-0.2, -0.15) is 4.31 Å². The first-order valence-corrected chi connectivity index (χ1v) is 9.79. The third kappa shape index (κ3) is 3.46. The summed E-state index contributed by atoms with van der Waals surface area (Å²) in [6.07, 6.45) is 0.252. The van der Waals surface area contributed by atoms with E-state index in [0.29, 0.717) is 0 Å². The van der Waals surface area contributed by atoms with Crippen molar-refractivity contribution in [3.8, 4) is 0 Å². The first-order valence-electron chi connectivity index (χ1n) is 7.60. The van der Waals surface area contributed by atoms with Crippen molar-refractivity contribution in [2.24, 2.45) is 5.92 Å². The van der Waals surface area contributed by atoms with Crippen molar-refractivity contribution in [1.29, 1.82) is 0 Å². The summed E-state index contributed by atoms with van der Waals surface area (Å²) in [6.45, 7) is 0.591. The van der Waals surface area contributed by atoms with Crippen LogP contribution in [-0.2, 0) is 14.8 Å². The molecule has 0 unspecified atom stereocenters. The highest BCUT2D eigenvalue weighted by molar-refractivity contribution is 7.89. The van der Waals surface area contributed by atoms with Crippen LogP contribution in [0.3, 0.4) is 0 Å². The Morgan fingerprint density at radius 2 is 1.84 bits per heavy atom. The van der Waals surface area contributed by atoms with Crippen LogP contribution in [0.4, 0.5) is 0 Å². The number of hydrogen-bond donors (Lipinski definition) is 0. The highest BCUT2D eigenvalue weighted by Crippen LogP contribution is 2.35. The van der Waals surface area contributed by atoms with Gasteiger partial charge >= 0.3 is 0 Å². The minimum atomic E-state index is -3.82. The summed E-state index contributed by atoms with van der Waals surface area (Å²) >= 11 is 11.9. The van der Waals surface area contributed by atoms with Gasteiger partial charge in [-0.15, -0.1) is 0 Å². The largest absolute Gasteiger partial charge is 0.340 e. The van der Waals surface area contributed by atoms with E-state index in [9.17, 15) is 23.3 Å². The number of nitrogens with zero attached hydrogens (tertiary/aromatic N) is 3. The Hall–Kier alpha value is -1.42. The molecule has 0 bridgehead atoms. The average Bonchev–Trinajstić information content (AvgIpc) is 3.37. The zero-order valence-electron chi connectivity index (χ0n) is 13.0. The van der Waals surface area contributed by atoms with E-state index < -0.39 is 26.9 Å². The Kier molecular flexibility index (Phi) is 4.93. The molecule has 0 radical (unpaired) electrons. The van der Waals surface area contributed by atoms with Gasteiger partial charge in [0.25, 0.3) is 0 Å². The molecule has 1 aliphatic carbocycles. The van der Waals surface area contributed by atoms with Gasteiger partial charge < -0.3 is 4.90 Å². The molecular weight excluding hydrogens is 393 g/mol. The molecule has 136 valence electrons. The number of hydrogen-bond acceptors (Lipinski definition) is 5. The molecule has 1 saturated heterocycles. The van der Waals surface area contributed by atoms with Crippen molar-refractivity contribution < 1.29 is 18.1 Å². The summed E-state index contributed by atoms with van der Waals surface area (Å²) < 4.78 is 26.7. The second-order valence-electron chi connectivity index (χ2n) is 5.98. The number of sulfonamides is 1. The molecule has 0 aromatic heterocycles. The normalized spacial score (nSPS) is 24.2. The molecule has 1 aromatic rings. The first kappa shape index (κ1) is 18.4. The van der Waals surface area contributed by atoms with Crippen molar-refractivity contribution in [2.45, 2.75) is 17.4 Å². The van der Waals surface area contributed by atoms with Crippen LogP contribution in [0.1, 0.15) is 6.42 Å². The summed E-state index contributed by atoms with van der Waals surface area (Å²) in [7, 11) is -3.82. The molecule has 25 heavy (non-hydrogen) atoms. The summed E-state index contributed by atoms with van der Waals surface area (Å²) in [5.74, 6) is -0.861. The number of amides is 1. The summed E-state index contributed by atoms with van der Waals surface area (Å²) in [5.41, 5.74) is 0. The summed E-state index contributed by atoms with van der Waals surface area (Å²) in [5, 5.41) is 10.8. The van der Waals surface area contributed by atoms with Crippen LogP contribution in [0.15, 0.2) is 23.1 Å². The van der Waals surface area contributed by atoms with Crippen molar-refractivity contribution >= 4 is 39.1 Å². The predicted molar refractivity (Wildman–Crippen MR) is 90.7 cm³/mol. The molecule has 1 heterocycles. The Balaban J connectivity index is 1.67. The van der Waals surface area contributed by atoms with Gasteiger partial charge in [-0.1, -0.05) is 29.3 Å². The van der Waals surface area contributed by atoms with E-state index in [1.54, 1.807) is 0 Å². The Morgan fingerprint density at radius 1 is 1.20 bits per heavy atom. The number of halogens is 2. The van der Waals surface area contributed by atoms with Crippen molar-refractivity contribution in [3.63, 3.8) is 0 Å². The van der Waals surface area contributed by atoms with Crippen LogP contribution in [0, 0.1) is 16.0 Å². The van der Waals surface area contributed by atoms with Gasteiger partial charge in [0, 0.05) is 37.5 Å². The third-order valence-corrected chi connectivity index (χ3v) is 7.30. The second kappa shape index (κ2) is 6.71. The monoisotopic (exact) mass is 407 g/mol. The zero-order chi connectivity index (χ0) is 18.4. The molecule has 1 amide bonds. The molecule has 1 aromatic carbocycles. The number of carbonyl (C=O) groups is 1. The topological polar surface area (TPSA) is 101 Å². The smallest absolute Gasteiger partial charge is 0.244 e. The fraction of sp³-hybridized carbons (Fsp3) is 0.500. The molecule has 2 atom stereocenters. The number of benzene rings is 1. The molecule has 11 heteroatoms. The van der Waals surface area contributed by atoms with Crippen molar-refractivity contribution in [2.75, 3.05) is 26.2 Å². The maximum atomic E-state index is 12.7. The lowest BCUT2D eigenvalue weighted by Crippen LogP contribution is -2.51. The lowest BCUT2D eigenvalue weighted by Gasteiger charge is -2.34. The average molecular weight is 408 g/mol. The number of rotatable bonds is 4. The van der Waals surface area contributed by atoms with Gasteiger partial charge in [0.1, 0.15) is 10.8 Å². The van der Waals surface area contributed by atoms with Crippen LogP contribution in [0.25, 0.3) is 0 Å². The molecule has 1 saturated carbocycles. The molecule has 2 aliphatic rings. The van der Waals surface area contributed by atoms with Crippen LogP contribution in [-0.4, -0.2) is 60.7 Å². The standard InChI is InChI=1S/C14H15Cl2N3O5S/c15-10-2-1-3-12(13(10)16)25(23,24)18-6-4-17(5-7-18)14(20)9-8-11(9)19(21)22/h1-3,9,11H,4-8H2/t9-,11+/m1/s1. The van der Waals surface area contributed by atoms with Crippen LogP contribution < -0.4 is 0 Å². The second-order valence-corrected chi connectivity index (χ2v) is 8.67. The first-order chi connectivity index (χ1) is 11.7. The Bertz CT molecular complexity index is 824. The molecule has 3 rings (SSSR count). The number of piperazine rings is 1. The van der Waals surface area contributed by atoms with Crippen molar-refractivity contribution in [1.82, 2.24) is 9.21 Å². The SMILES string of the molecule is O=C([C@@H]1C[C@@H]1[N+](=O)[O-])N1CCN(S(=O)(=O)c2cccc(Cl)c2Cl)CC1. The van der Waals surface area contributed by atoms with E-state index in [0.717, 1.165) is 0 Å². The fourth-order valence-electron chi connectivity index (χ4n) is 2.89. The van der Waals surface area contributed by atoms with Gasteiger partial charge in [0.05, 0.1) is 10.0 Å². The summed E-state index contributed by atoms with van der Waals surface area (Å²) in [4.78, 5) is 23.9. The fourth-order valence-corrected chi connectivity index (χ4v) is 5.04. The van der Waals surface area contributed by atoms with Gasteiger partial charge in [0.15, 0.2) is 0 Å². The van der Waals surface area contributed by atoms with Crippen molar-refractivity contribution in [3.05, 3.63) is 38.4 Å². The molecule has 2 fully saturated rings. The van der Waals surface area contributed by atoms with Gasteiger partial charge in [-0.05, 0) is 12.1 Å². The lowest BCUT2D eigenvalue weighted by atomic mass is 10.3. The van der Waals surface area contributed by atoms with Gasteiger partial charge in [-0.3, -0.25) is 14.9 Å². The molecular formula is C14H15Cl2N3O5S. The maximum Gasteiger partial charge on any atom is 0.244 e. The van der Waals surface area contributed by atoms with Gasteiger partial charge in [0.2, 0.25) is 22.0 Å². The van der Waals surface area contributed by atoms with E-state index in [-0.39, 0.29) is 53.4 Å². The highest BCUT2D eigenvalue weighted by atomic mass is 35.5. The minimum absolute atomic E-state index is 0.0329. The third-order valence-electron chi connectivity index (χ3n) is 4.43. The zero-order valence-corrected chi connectivity index (χ0v) is 15.3. The van der Waals surface area contributed by atoms with E-state index in [4.69, 9.17) is 23.2 Å². The minimum Gasteiger partial charge on any atom is -0.340 e.